The van der Waals surface area contributed by atoms with Gasteiger partial charge in [-0.05, 0) is 19.3 Å². The Labute approximate surface area is 76.6 Å². The highest BCUT2D eigenvalue weighted by Gasteiger charge is 2.20. The first-order valence-corrected chi connectivity index (χ1v) is 5.37. The van der Waals surface area contributed by atoms with Crippen LogP contribution in [0.15, 0.2) is 0 Å². The normalized spacial score (nSPS) is 22.9. The van der Waals surface area contributed by atoms with E-state index < -0.39 is 0 Å². The van der Waals surface area contributed by atoms with E-state index in [4.69, 9.17) is 0 Å². The highest BCUT2D eigenvalue weighted by Crippen LogP contribution is 2.23. The van der Waals surface area contributed by atoms with Crippen LogP contribution in [0.25, 0.3) is 0 Å². The van der Waals surface area contributed by atoms with Crippen LogP contribution in [0.5, 0.6) is 0 Å². The molecule has 0 amide bonds. The first-order chi connectivity index (χ1) is 5.84. The average Bonchev–Trinajstić information content (AvgIpc) is 2.13. The van der Waals surface area contributed by atoms with Crippen molar-refractivity contribution in [2.24, 2.45) is 5.92 Å². The van der Waals surface area contributed by atoms with Gasteiger partial charge in [-0.2, -0.15) is 0 Å². The molecule has 1 aliphatic rings. The topological polar surface area (TPSA) is 17.1 Å². The van der Waals surface area contributed by atoms with E-state index in [0.29, 0.717) is 11.7 Å². The summed E-state index contributed by atoms with van der Waals surface area (Å²) in [6, 6.07) is 0. The number of carbonyl (C=O) groups excluding carboxylic acids is 1. The zero-order chi connectivity index (χ0) is 9.40. The number of ketones is 1. The number of carbonyl (C=O) groups is 1. The number of hydrogen-bond acceptors (Lipinski definition) is 1. The van der Waals surface area contributed by atoms with E-state index in [-0.39, 0.29) is 0 Å². The molecule has 0 spiro atoms. The first-order valence-electron chi connectivity index (χ1n) is 5.37. The Balaban J connectivity index is 0.000000561. The van der Waals surface area contributed by atoms with Gasteiger partial charge in [-0.25, -0.2) is 0 Å². The second kappa shape index (κ2) is 7.33. The van der Waals surface area contributed by atoms with Gasteiger partial charge in [0.1, 0.15) is 5.78 Å². The molecule has 0 aromatic carbocycles. The second-order valence-electron chi connectivity index (χ2n) is 3.20. The highest BCUT2D eigenvalue weighted by molar-refractivity contribution is 5.81. The Morgan fingerprint density at radius 1 is 1.33 bits per heavy atom. The molecule has 0 aromatic heterocycles. The third-order valence-electron chi connectivity index (χ3n) is 2.32. The summed E-state index contributed by atoms with van der Waals surface area (Å²) in [6.45, 7) is 6.15. The van der Waals surface area contributed by atoms with E-state index in [2.05, 4.69) is 6.92 Å². The minimum absolute atomic E-state index is 0.429. The summed E-state index contributed by atoms with van der Waals surface area (Å²) in [5.41, 5.74) is 0. The zero-order valence-corrected chi connectivity index (χ0v) is 8.73. The monoisotopic (exact) mass is 170 g/mol. The van der Waals surface area contributed by atoms with Crippen LogP contribution < -0.4 is 0 Å². The summed E-state index contributed by atoms with van der Waals surface area (Å²) in [6.07, 6.45) is 6.71. The van der Waals surface area contributed by atoms with Crippen LogP contribution in [0.3, 0.4) is 0 Å². The van der Waals surface area contributed by atoms with Crippen LogP contribution in [0.4, 0.5) is 0 Å². The van der Waals surface area contributed by atoms with Crippen molar-refractivity contribution in [2.45, 2.75) is 59.3 Å². The summed E-state index contributed by atoms with van der Waals surface area (Å²) in [4.78, 5) is 11.2. The molecule has 0 heterocycles. The fraction of sp³-hybridized carbons (Fsp3) is 0.909. The minimum Gasteiger partial charge on any atom is -0.299 e. The summed E-state index contributed by atoms with van der Waals surface area (Å²) in [5, 5.41) is 0. The Hall–Kier alpha value is -0.330. The third kappa shape index (κ3) is 3.89. The number of Topliss-reactive ketones (excluding diaryl/α,β-unsaturated/α-hetero) is 1. The van der Waals surface area contributed by atoms with Crippen LogP contribution in [-0.2, 0) is 4.79 Å². The lowest BCUT2D eigenvalue weighted by Gasteiger charge is -2.19. The van der Waals surface area contributed by atoms with Crippen molar-refractivity contribution in [3.05, 3.63) is 0 Å². The maximum absolute atomic E-state index is 11.2. The SMILES string of the molecule is CC.CCCC1CCCCC1=O. The van der Waals surface area contributed by atoms with Gasteiger partial charge in [0.2, 0.25) is 0 Å². The zero-order valence-electron chi connectivity index (χ0n) is 8.73. The fourth-order valence-electron chi connectivity index (χ4n) is 1.71. The number of hydrogen-bond donors (Lipinski definition) is 0. The lowest BCUT2D eigenvalue weighted by atomic mass is 9.85. The van der Waals surface area contributed by atoms with E-state index in [1.54, 1.807) is 0 Å². The molecule has 1 unspecified atom stereocenters. The molecule has 0 aliphatic heterocycles. The van der Waals surface area contributed by atoms with Gasteiger partial charge in [0.15, 0.2) is 0 Å². The maximum atomic E-state index is 11.2. The van der Waals surface area contributed by atoms with Crippen LogP contribution in [0.2, 0.25) is 0 Å². The molecule has 0 bridgehead atoms. The maximum Gasteiger partial charge on any atom is 0.135 e. The molecule has 12 heavy (non-hydrogen) atoms. The van der Waals surface area contributed by atoms with Gasteiger partial charge in [-0.15, -0.1) is 0 Å². The highest BCUT2D eigenvalue weighted by atomic mass is 16.1. The van der Waals surface area contributed by atoms with Crippen LogP contribution in [0, 0.1) is 5.92 Å². The van der Waals surface area contributed by atoms with Crippen molar-refractivity contribution in [3.8, 4) is 0 Å². The van der Waals surface area contributed by atoms with Crippen LogP contribution >= 0.6 is 0 Å². The second-order valence-corrected chi connectivity index (χ2v) is 3.20. The average molecular weight is 170 g/mol. The van der Waals surface area contributed by atoms with Crippen LogP contribution in [0.1, 0.15) is 59.3 Å². The Morgan fingerprint density at radius 3 is 2.50 bits per heavy atom. The molecule has 0 saturated heterocycles. The molecular formula is C11H22O. The Kier molecular flexibility index (Phi) is 7.12. The predicted molar refractivity (Wildman–Crippen MR) is 53.2 cm³/mol. The lowest BCUT2D eigenvalue weighted by Crippen LogP contribution is -2.18. The van der Waals surface area contributed by atoms with Gasteiger partial charge in [0.25, 0.3) is 0 Å². The minimum atomic E-state index is 0.429. The van der Waals surface area contributed by atoms with Crippen molar-refractivity contribution in [1.82, 2.24) is 0 Å². The van der Waals surface area contributed by atoms with Gasteiger partial charge >= 0.3 is 0 Å². The molecule has 0 radical (unpaired) electrons. The van der Waals surface area contributed by atoms with Crippen molar-refractivity contribution in [1.29, 1.82) is 0 Å². The van der Waals surface area contributed by atoms with E-state index in [1.807, 2.05) is 13.8 Å². The summed E-state index contributed by atoms with van der Waals surface area (Å²) < 4.78 is 0. The predicted octanol–water partition coefficient (Wildman–Crippen LogP) is 3.57. The largest absolute Gasteiger partial charge is 0.299 e. The summed E-state index contributed by atoms with van der Waals surface area (Å²) >= 11 is 0. The van der Waals surface area contributed by atoms with E-state index >= 15 is 0 Å². The third-order valence-corrected chi connectivity index (χ3v) is 2.32. The van der Waals surface area contributed by atoms with Crippen molar-refractivity contribution < 1.29 is 4.79 Å². The molecular weight excluding hydrogens is 148 g/mol. The fourth-order valence-corrected chi connectivity index (χ4v) is 1.71. The molecule has 0 aromatic rings. The van der Waals surface area contributed by atoms with Crippen LogP contribution in [-0.4, -0.2) is 5.78 Å². The summed E-state index contributed by atoms with van der Waals surface area (Å²) in [7, 11) is 0. The molecule has 1 atom stereocenters. The molecule has 1 rings (SSSR count). The van der Waals surface area contributed by atoms with Gasteiger partial charge in [-0.1, -0.05) is 33.6 Å². The molecule has 1 nitrogen and oxygen atoms in total. The molecule has 72 valence electrons. The molecule has 1 fully saturated rings. The van der Waals surface area contributed by atoms with Gasteiger partial charge in [-0.3, -0.25) is 4.79 Å². The van der Waals surface area contributed by atoms with Crippen molar-refractivity contribution in [3.63, 3.8) is 0 Å². The van der Waals surface area contributed by atoms with E-state index in [9.17, 15) is 4.79 Å². The van der Waals surface area contributed by atoms with Crippen molar-refractivity contribution >= 4 is 5.78 Å². The van der Waals surface area contributed by atoms with E-state index in [1.165, 1.54) is 6.42 Å². The van der Waals surface area contributed by atoms with Gasteiger partial charge < -0.3 is 0 Å². The molecule has 1 aliphatic carbocycles. The molecule has 1 saturated carbocycles. The standard InChI is InChI=1S/C9H16O.C2H6/c1-2-5-8-6-3-4-7-9(8)10;1-2/h8H,2-7H2,1H3;1-2H3. The Morgan fingerprint density at radius 2 is 2.00 bits per heavy atom. The first kappa shape index (κ1) is 11.7. The van der Waals surface area contributed by atoms with Gasteiger partial charge in [0.05, 0.1) is 0 Å². The summed E-state index contributed by atoms with van der Waals surface area (Å²) in [5.74, 6) is 0.951. The van der Waals surface area contributed by atoms with Crippen molar-refractivity contribution in [2.75, 3.05) is 0 Å². The quantitative estimate of drug-likeness (QED) is 0.619. The molecule has 0 N–H and O–H groups in total. The van der Waals surface area contributed by atoms with Gasteiger partial charge in [0, 0.05) is 12.3 Å². The lowest BCUT2D eigenvalue weighted by molar-refractivity contribution is -0.124. The Bertz CT molecular complexity index is 116. The number of rotatable bonds is 2. The molecule has 1 heteroatoms. The smallest absolute Gasteiger partial charge is 0.135 e. The van der Waals surface area contributed by atoms with E-state index in [0.717, 1.165) is 32.1 Å².